The van der Waals surface area contributed by atoms with Crippen LogP contribution in [0.1, 0.15) is 17.0 Å². The summed E-state index contributed by atoms with van der Waals surface area (Å²) in [5, 5.41) is 4.48. The molecule has 0 saturated carbocycles. The summed E-state index contributed by atoms with van der Waals surface area (Å²) in [6, 6.07) is 3.84. The standard InChI is InChI=1S/C17H23N5O/c1-12-13(2)22(8-7-21(3)4)17-15(12)16(19-11-20-17)18-10-14-6-5-9-23-14/h5-6,9,11H,7-8,10H2,1-4H3,(H,18,19,20)/p+1. The minimum Gasteiger partial charge on any atom is -0.467 e. The zero-order valence-electron chi connectivity index (χ0n) is 14.2. The smallest absolute Gasteiger partial charge is 0.146 e. The van der Waals surface area contributed by atoms with E-state index in [0.717, 1.165) is 35.7 Å². The number of rotatable bonds is 6. The van der Waals surface area contributed by atoms with E-state index in [1.54, 1.807) is 12.6 Å². The number of nitrogens with one attached hydrogen (secondary N) is 2. The third kappa shape index (κ3) is 3.07. The van der Waals surface area contributed by atoms with Gasteiger partial charge < -0.3 is 19.2 Å². The van der Waals surface area contributed by atoms with Crippen LogP contribution in [0.15, 0.2) is 29.1 Å². The number of fused-ring (bicyclic) bond motifs is 1. The van der Waals surface area contributed by atoms with E-state index in [-0.39, 0.29) is 0 Å². The Balaban J connectivity index is 1.95. The predicted molar refractivity (Wildman–Crippen MR) is 90.7 cm³/mol. The van der Waals surface area contributed by atoms with Crippen LogP contribution in [0.4, 0.5) is 5.82 Å². The minimum absolute atomic E-state index is 0.616. The summed E-state index contributed by atoms with van der Waals surface area (Å²) in [4.78, 5) is 10.4. The van der Waals surface area contributed by atoms with Gasteiger partial charge in [0.25, 0.3) is 0 Å². The lowest BCUT2D eigenvalue weighted by atomic mass is 10.2. The molecule has 0 aromatic carbocycles. The van der Waals surface area contributed by atoms with Crippen molar-refractivity contribution in [3.05, 3.63) is 41.7 Å². The van der Waals surface area contributed by atoms with E-state index >= 15 is 0 Å². The van der Waals surface area contributed by atoms with Crippen LogP contribution in [0.5, 0.6) is 0 Å². The van der Waals surface area contributed by atoms with Crippen molar-refractivity contribution < 1.29 is 9.32 Å². The lowest BCUT2D eigenvalue weighted by Crippen LogP contribution is -3.06. The van der Waals surface area contributed by atoms with Crippen molar-refractivity contribution in [3.63, 3.8) is 0 Å². The summed E-state index contributed by atoms with van der Waals surface area (Å²) in [6.45, 7) is 6.91. The van der Waals surface area contributed by atoms with Crippen LogP contribution in [0, 0.1) is 13.8 Å². The van der Waals surface area contributed by atoms with Crippen molar-refractivity contribution in [3.8, 4) is 0 Å². The summed E-state index contributed by atoms with van der Waals surface area (Å²) >= 11 is 0. The van der Waals surface area contributed by atoms with Gasteiger partial charge in [0.1, 0.15) is 23.6 Å². The van der Waals surface area contributed by atoms with E-state index < -0.39 is 0 Å². The van der Waals surface area contributed by atoms with Crippen LogP contribution in [-0.4, -0.2) is 35.2 Å². The van der Waals surface area contributed by atoms with Crippen molar-refractivity contribution in [1.29, 1.82) is 0 Å². The van der Waals surface area contributed by atoms with Gasteiger partial charge in [-0.3, -0.25) is 0 Å². The number of aromatic nitrogens is 3. The van der Waals surface area contributed by atoms with E-state index in [0.29, 0.717) is 6.54 Å². The maximum absolute atomic E-state index is 5.38. The first-order chi connectivity index (χ1) is 11.1. The normalized spacial score (nSPS) is 11.5. The van der Waals surface area contributed by atoms with Crippen LogP contribution in [0.25, 0.3) is 11.0 Å². The SMILES string of the molecule is Cc1c(C)n(CC[NH+](C)C)c2ncnc(NCc3ccco3)c12. The average Bonchev–Trinajstić information content (AvgIpc) is 3.12. The molecule has 0 fully saturated rings. The minimum atomic E-state index is 0.616. The molecule has 6 nitrogen and oxygen atoms in total. The fourth-order valence-corrected chi connectivity index (χ4v) is 2.80. The van der Waals surface area contributed by atoms with Crippen molar-refractivity contribution in [2.24, 2.45) is 0 Å². The Morgan fingerprint density at radius 2 is 2.09 bits per heavy atom. The zero-order chi connectivity index (χ0) is 16.4. The molecule has 23 heavy (non-hydrogen) atoms. The molecule has 0 amide bonds. The van der Waals surface area contributed by atoms with Crippen molar-refractivity contribution in [2.75, 3.05) is 26.0 Å². The molecule has 3 aromatic rings. The number of furan rings is 1. The molecule has 0 aliphatic carbocycles. The lowest BCUT2D eigenvalue weighted by molar-refractivity contribution is -0.858. The van der Waals surface area contributed by atoms with Crippen LogP contribution in [0.2, 0.25) is 0 Å². The Morgan fingerprint density at radius 1 is 1.26 bits per heavy atom. The molecule has 0 bridgehead atoms. The maximum atomic E-state index is 5.38. The van der Waals surface area contributed by atoms with Gasteiger partial charge >= 0.3 is 0 Å². The fraction of sp³-hybridized carbons (Fsp3) is 0.412. The largest absolute Gasteiger partial charge is 0.467 e. The molecule has 3 rings (SSSR count). The van der Waals surface area contributed by atoms with E-state index in [4.69, 9.17) is 4.42 Å². The Bertz CT molecular complexity index is 789. The van der Waals surface area contributed by atoms with E-state index in [9.17, 15) is 0 Å². The number of aryl methyl sites for hydroxylation is 1. The average molecular weight is 314 g/mol. The summed E-state index contributed by atoms with van der Waals surface area (Å²) in [5.41, 5.74) is 3.48. The Morgan fingerprint density at radius 3 is 2.78 bits per heavy atom. The monoisotopic (exact) mass is 314 g/mol. The van der Waals surface area contributed by atoms with Crippen molar-refractivity contribution >= 4 is 16.9 Å². The highest BCUT2D eigenvalue weighted by Gasteiger charge is 2.16. The molecule has 122 valence electrons. The number of nitrogens with zero attached hydrogens (tertiary/aromatic N) is 3. The molecule has 0 aliphatic rings. The Hall–Kier alpha value is -2.34. The first-order valence-corrected chi connectivity index (χ1v) is 7.93. The van der Waals surface area contributed by atoms with Gasteiger partial charge in [0.05, 0.1) is 45.4 Å². The van der Waals surface area contributed by atoms with Crippen molar-refractivity contribution in [2.45, 2.75) is 26.9 Å². The quantitative estimate of drug-likeness (QED) is 0.722. The second-order valence-electron chi connectivity index (χ2n) is 6.17. The first kappa shape index (κ1) is 15.6. The molecule has 0 aliphatic heterocycles. The molecule has 2 N–H and O–H groups in total. The van der Waals surface area contributed by atoms with Crippen LogP contribution in [-0.2, 0) is 13.1 Å². The lowest BCUT2D eigenvalue weighted by Gasteiger charge is -2.11. The maximum Gasteiger partial charge on any atom is 0.146 e. The van der Waals surface area contributed by atoms with Crippen LogP contribution in [0.3, 0.4) is 0 Å². The highest BCUT2D eigenvalue weighted by molar-refractivity contribution is 5.91. The van der Waals surface area contributed by atoms with Gasteiger partial charge in [-0.05, 0) is 31.5 Å². The predicted octanol–water partition coefficient (Wildman–Crippen LogP) is 1.40. The summed E-state index contributed by atoms with van der Waals surface area (Å²) in [6.07, 6.45) is 3.31. The number of hydrogen-bond donors (Lipinski definition) is 2. The molecule has 0 unspecified atom stereocenters. The number of likely N-dealkylation sites (N-methyl/N-ethyl adjacent to an activating group) is 1. The Labute approximate surface area is 136 Å². The second-order valence-corrected chi connectivity index (χ2v) is 6.17. The van der Waals surface area contributed by atoms with Crippen molar-refractivity contribution in [1.82, 2.24) is 14.5 Å². The Kier molecular flexibility index (Phi) is 4.34. The molecule has 0 saturated heterocycles. The number of hydrogen-bond acceptors (Lipinski definition) is 4. The van der Waals surface area contributed by atoms with Gasteiger partial charge in [-0.1, -0.05) is 0 Å². The second kappa shape index (κ2) is 6.42. The third-order valence-electron chi connectivity index (χ3n) is 4.25. The summed E-state index contributed by atoms with van der Waals surface area (Å²) in [5.74, 6) is 1.75. The van der Waals surface area contributed by atoms with E-state index in [2.05, 4.69) is 47.8 Å². The van der Waals surface area contributed by atoms with Gasteiger partial charge in [-0.2, -0.15) is 0 Å². The molecule has 0 radical (unpaired) electrons. The number of anilines is 1. The first-order valence-electron chi connectivity index (χ1n) is 7.93. The molecule has 6 heteroatoms. The van der Waals surface area contributed by atoms with Gasteiger partial charge in [-0.25, -0.2) is 9.97 Å². The van der Waals surface area contributed by atoms with E-state index in [1.807, 2.05) is 12.1 Å². The highest BCUT2D eigenvalue weighted by atomic mass is 16.3. The highest BCUT2D eigenvalue weighted by Crippen LogP contribution is 2.28. The molecular formula is C17H24N5O+. The summed E-state index contributed by atoms with van der Waals surface area (Å²) < 4.78 is 7.67. The zero-order valence-corrected chi connectivity index (χ0v) is 14.2. The van der Waals surface area contributed by atoms with E-state index in [1.165, 1.54) is 16.2 Å². The van der Waals surface area contributed by atoms with Gasteiger partial charge in [-0.15, -0.1) is 0 Å². The van der Waals surface area contributed by atoms with Gasteiger partial charge in [0, 0.05) is 5.69 Å². The molecule has 3 aromatic heterocycles. The molecular weight excluding hydrogens is 290 g/mol. The summed E-state index contributed by atoms with van der Waals surface area (Å²) in [7, 11) is 4.33. The van der Waals surface area contributed by atoms with Crippen LogP contribution >= 0.6 is 0 Å². The number of quaternary nitrogens is 1. The third-order valence-corrected chi connectivity index (χ3v) is 4.25. The molecule has 0 atom stereocenters. The van der Waals surface area contributed by atoms with Gasteiger partial charge in [0.15, 0.2) is 0 Å². The van der Waals surface area contributed by atoms with Gasteiger partial charge in [0.2, 0.25) is 0 Å². The van der Waals surface area contributed by atoms with Crippen LogP contribution < -0.4 is 10.2 Å². The topological polar surface area (TPSA) is 60.3 Å². The fourth-order valence-electron chi connectivity index (χ4n) is 2.80. The molecule has 3 heterocycles. The molecule has 0 spiro atoms.